The average Bonchev–Trinajstić information content (AvgIpc) is 2.29. The number of hydrogen-bond acceptors (Lipinski definition) is 2. The summed E-state index contributed by atoms with van der Waals surface area (Å²) in [5.41, 5.74) is 0.403. The molecule has 3 aliphatic rings. The monoisotopic (exact) mass is 242 g/mol. The Labute approximate surface area is 98.6 Å². The number of fused-ring (bicyclic) bond motifs is 3. The molecule has 0 aromatic carbocycles. The Morgan fingerprint density at radius 1 is 0.938 bits per heavy atom. The summed E-state index contributed by atoms with van der Waals surface area (Å²) in [6.07, 6.45) is 10.5. The summed E-state index contributed by atoms with van der Waals surface area (Å²) in [6, 6.07) is 0. The van der Waals surface area contributed by atoms with E-state index in [1.165, 1.54) is 38.5 Å². The fraction of sp³-hybridized carbons (Fsp3) is 1.00. The lowest BCUT2D eigenvalue weighted by molar-refractivity contribution is 0.0185. The van der Waals surface area contributed by atoms with E-state index in [2.05, 4.69) is 0 Å². The van der Waals surface area contributed by atoms with Crippen molar-refractivity contribution in [2.45, 2.75) is 63.1 Å². The van der Waals surface area contributed by atoms with E-state index in [1.54, 1.807) is 0 Å². The molecular formula is C13H23O2P. The van der Waals surface area contributed by atoms with Gasteiger partial charge in [0.15, 0.2) is 0 Å². The first-order valence-corrected chi connectivity index (χ1v) is 9.08. The molecule has 2 saturated carbocycles. The lowest BCUT2D eigenvalue weighted by Gasteiger charge is -2.50. The Morgan fingerprint density at radius 2 is 1.56 bits per heavy atom. The molecule has 2 nitrogen and oxygen atoms in total. The first kappa shape index (κ1) is 11.3. The molecule has 16 heavy (non-hydrogen) atoms. The third-order valence-corrected chi connectivity index (χ3v) is 7.57. The predicted molar refractivity (Wildman–Crippen MR) is 66.1 cm³/mol. The Balaban J connectivity index is 1.88. The van der Waals surface area contributed by atoms with Gasteiger partial charge in [0.05, 0.1) is 6.10 Å². The van der Waals surface area contributed by atoms with Crippen molar-refractivity contribution in [1.82, 2.24) is 0 Å². The molecule has 92 valence electrons. The van der Waals surface area contributed by atoms with Gasteiger partial charge in [0, 0.05) is 12.3 Å². The highest BCUT2D eigenvalue weighted by Gasteiger charge is 2.50. The molecule has 2 aliphatic carbocycles. The van der Waals surface area contributed by atoms with Crippen LogP contribution in [0.4, 0.5) is 0 Å². The molecule has 3 rings (SSSR count). The summed E-state index contributed by atoms with van der Waals surface area (Å²) in [4.78, 5) is 0. The van der Waals surface area contributed by atoms with Crippen molar-refractivity contribution in [3.8, 4) is 0 Å². The first-order valence-electron chi connectivity index (χ1n) is 6.94. The van der Waals surface area contributed by atoms with Crippen LogP contribution >= 0.6 is 7.37 Å². The van der Waals surface area contributed by atoms with E-state index in [4.69, 9.17) is 4.52 Å². The van der Waals surface area contributed by atoms with Crippen molar-refractivity contribution < 1.29 is 9.09 Å². The highest BCUT2D eigenvalue weighted by Crippen LogP contribution is 2.64. The zero-order valence-electron chi connectivity index (χ0n) is 10.2. The minimum Gasteiger partial charge on any atom is -0.325 e. The summed E-state index contributed by atoms with van der Waals surface area (Å²) in [5, 5.41) is 0. The van der Waals surface area contributed by atoms with E-state index < -0.39 is 7.37 Å². The Hall–Kier alpha value is 0.190. The molecule has 0 aromatic rings. The highest BCUT2D eigenvalue weighted by molar-refractivity contribution is 7.59. The largest absolute Gasteiger partial charge is 0.325 e. The topological polar surface area (TPSA) is 26.3 Å². The van der Waals surface area contributed by atoms with Gasteiger partial charge in [-0.3, -0.25) is 4.57 Å². The van der Waals surface area contributed by atoms with E-state index in [0.717, 1.165) is 24.7 Å². The van der Waals surface area contributed by atoms with Gasteiger partial charge in [-0.1, -0.05) is 25.7 Å². The molecule has 0 bridgehead atoms. The van der Waals surface area contributed by atoms with Crippen molar-refractivity contribution in [2.24, 2.45) is 11.8 Å². The van der Waals surface area contributed by atoms with Crippen molar-refractivity contribution in [3.05, 3.63) is 0 Å². The summed E-state index contributed by atoms with van der Waals surface area (Å²) in [5.74, 6) is 1.46. The van der Waals surface area contributed by atoms with Crippen molar-refractivity contribution in [2.75, 3.05) is 6.66 Å². The highest BCUT2D eigenvalue weighted by atomic mass is 31.2. The van der Waals surface area contributed by atoms with Gasteiger partial charge in [0.2, 0.25) is 7.37 Å². The standard InChI is InChI=1S/C13H23O2P/c1-16(14)13-9-5-3-7-11(13)10-6-2-4-8-12(10)15-16/h10-13H,2-9H2,1H3. The SMILES string of the molecule is CP1(=O)OC2CCCCC2C2CCCCC21. The van der Waals surface area contributed by atoms with Gasteiger partial charge < -0.3 is 4.52 Å². The summed E-state index contributed by atoms with van der Waals surface area (Å²) >= 11 is 0. The molecule has 0 spiro atoms. The minimum absolute atomic E-state index is 0.337. The Kier molecular flexibility index (Phi) is 2.92. The minimum atomic E-state index is -2.31. The first-order chi connectivity index (χ1) is 7.68. The van der Waals surface area contributed by atoms with E-state index in [1.807, 2.05) is 6.66 Å². The third-order valence-electron chi connectivity index (χ3n) is 5.03. The van der Waals surface area contributed by atoms with Crippen molar-refractivity contribution >= 4 is 7.37 Å². The van der Waals surface area contributed by atoms with Gasteiger partial charge in [-0.05, 0) is 37.5 Å². The second-order valence-corrected chi connectivity index (χ2v) is 8.71. The zero-order valence-corrected chi connectivity index (χ0v) is 11.1. The maximum Gasteiger partial charge on any atom is 0.203 e. The van der Waals surface area contributed by atoms with Crippen molar-refractivity contribution in [3.63, 3.8) is 0 Å². The molecule has 0 amide bonds. The fourth-order valence-electron chi connectivity index (χ4n) is 4.31. The number of rotatable bonds is 0. The average molecular weight is 242 g/mol. The van der Waals surface area contributed by atoms with Gasteiger partial charge in [-0.15, -0.1) is 0 Å². The van der Waals surface area contributed by atoms with Crippen LogP contribution in [0.25, 0.3) is 0 Å². The molecule has 0 N–H and O–H groups in total. The Morgan fingerprint density at radius 3 is 2.38 bits per heavy atom. The summed E-state index contributed by atoms with van der Waals surface area (Å²) < 4.78 is 18.6. The molecule has 0 radical (unpaired) electrons. The number of hydrogen-bond donors (Lipinski definition) is 0. The molecule has 0 aromatic heterocycles. The quantitative estimate of drug-likeness (QED) is 0.599. The van der Waals surface area contributed by atoms with E-state index in [-0.39, 0.29) is 0 Å². The van der Waals surface area contributed by atoms with Gasteiger partial charge in [-0.2, -0.15) is 0 Å². The molecule has 3 fully saturated rings. The van der Waals surface area contributed by atoms with Crippen LogP contribution in [0.3, 0.4) is 0 Å². The maximum absolute atomic E-state index is 12.6. The lowest BCUT2D eigenvalue weighted by Crippen LogP contribution is -2.44. The normalized spacial score (nSPS) is 52.8. The molecule has 5 unspecified atom stereocenters. The lowest BCUT2D eigenvalue weighted by atomic mass is 9.71. The molecule has 1 heterocycles. The predicted octanol–water partition coefficient (Wildman–Crippen LogP) is 4.04. The molecule has 1 saturated heterocycles. The summed E-state index contributed by atoms with van der Waals surface area (Å²) in [7, 11) is -2.31. The molecule has 3 heteroatoms. The van der Waals surface area contributed by atoms with Crippen LogP contribution < -0.4 is 0 Å². The van der Waals surface area contributed by atoms with E-state index >= 15 is 0 Å². The second-order valence-electron chi connectivity index (χ2n) is 6.02. The maximum atomic E-state index is 12.6. The molecule has 5 atom stereocenters. The molecular weight excluding hydrogens is 219 g/mol. The van der Waals surface area contributed by atoms with E-state index in [0.29, 0.717) is 11.8 Å². The van der Waals surface area contributed by atoms with Gasteiger partial charge in [0.25, 0.3) is 0 Å². The smallest absolute Gasteiger partial charge is 0.203 e. The summed E-state index contributed by atoms with van der Waals surface area (Å²) in [6.45, 7) is 1.90. The zero-order chi connectivity index (χ0) is 11.2. The fourth-order valence-corrected chi connectivity index (χ4v) is 6.99. The van der Waals surface area contributed by atoms with Crippen LogP contribution in [0.5, 0.6) is 0 Å². The molecule has 1 aliphatic heterocycles. The van der Waals surface area contributed by atoms with Crippen LogP contribution in [0.1, 0.15) is 51.4 Å². The third kappa shape index (κ3) is 1.78. The van der Waals surface area contributed by atoms with Crippen molar-refractivity contribution in [1.29, 1.82) is 0 Å². The van der Waals surface area contributed by atoms with Crippen LogP contribution in [-0.4, -0.2) is 18.4 Å². The van der Waals surface area contributed by atoms with Crippen LogP contribution in [0.2, 0.25) is 0 Å². The van der Waals surface area contributed by atoms with Crippen LogP contribution in [0, 0.1) is 11.8 Å². The Bertz CT molecular complexity index is 315. The van der Waals surface area contributed by atoms with Gasteiger partial charge >= 0.3 is 0 Å². The van der Waals surface area contributed by atoms with Crippen LogP contribution in [-0.2, 0) is 9.09 Å². The van der Waals surface area contributed by atoms with Gasteiger partial charge in [-0.25, -0.2) is 0 Å². The van der Waals surface area contributed by atoms with E-state index in [9.17, 15) is 4.57 Å². The van der Waals surface area contributed by atoms with Gasteiger partial charge in [0.1, 0.15) is 0 Å². The van der Waals surface area contributed by atoms with Crippen LogP contribution in [0.15, 0.2) is 0 Å². The second kappa shape index (κ2) is 4.14.